The molecule has 35 heavy (non-hydrogen) atoms. The average Bonchev–Trinajstić information content (AvgIpc) is 3.45. The first kappa shape index (κ1) is 23.8. The summed E-state index contributed by atoms with van der Waals surface area (Å²) < 4.78 is 16.0. The summed E-state index contributed by atoms with van der Waals surface area (Å²) in [6, 6.07) is 19.7. The maximum absolute atomic E-state index is 13.0. The number of nitrogens with zero attached hydrogens (tertiary/aromatic N) is 2. The molecule has 0 bridgehead atoms. The van der Waals surface area contributed by atoms with Gasteiger partial charge in [0, 0.05) is 31.7 Å². The Hall–Kier alpha value is -4.33. The molecule has 2 heterocycles. The third kappa shape index (κ3) is 5.78. The van der Waals surface area contributed by atoms with Crippen LogP contribution >= 0.6 is 0 Å². The van der Waals surface area contributed by atoms with Crippen LogP contribution < -0.4 is 4.74 Å². The third-order valence-corrected chi connectivity index (χ3v) is 5.72. The fourth-order valence-electron chi connectivity index (χ4n) is 3.83. The molecule has 1 fully saturated rings. The quantitative estimate of drug-likeness (QED) is 0.296. The first-order valence-corrected chi connectivity index (χ1v) is 11.2. The van der Waals surface area contributed by atoms with E-state index < -0.39 is 5.97 Å². The summed E-state index contributed by atoms with van der Waals surface area (Å²) in [5.41, 5.74) is 1.70. The highest BCUT2D eigenvalue weighted by Crippen LogP contribution is 2.25. The van der Waals surface area contributed by atoms with Crippen LogP contribution in [0, 0.1) is 0 Å². The largest absolute Gasteiger partial charge is 0.496 e. The van der Waals surface area contributed by atoms with Crippen molar-refractivity contribution >= 4 is 29.4 Å². The number of benzene rings is 2. The third-order valence-electron chi connectivity index (χ3n) is 5.72. The predicted molar refractivity (Wildman–Crippen MR) is 129 cm³/mol. The molecule has 180 valence electrons. The lowest BCUT2D eigenvalue weighted by Gasteiger charge is -2.34. The van der Waals surface area contributed by atoms with Crippen LogP contribution in [0.1, 0.15) is 21.7 Å². The van der Waals surface area contributed by atoms with E-state index in [4.69, 9.17) is 13.9 Å². The van der Waals surface area contributed by atoms with E-state index in [-0.39, 0.29) is 24.2 Å². The lowest BCUT2D eigenvalue weighted by Crippen LogP contribution is -2.51. The van der Waals surface area contributed by atoms with Crippen molar-refractivity contribution < 1.29 is 28.3 Å². The van der Waals surface area contributed by atoms with Crippen LogP contribution in [-0.4, -0.2) is 67.5 Å². The van der Waals surface area contributed by atoms with Crippen molar-refractivity contribution in [3.8, 4) is 5.75 Å². The Morgan fingerprint density at radius 1 is 0.886 bits per heavy atom. The molecule has 1 aliphatic heterocycles. The second-order valence-corrected chi connectivity index (χ2v) is 7.89. The maximum atomic E-state index is 13.0. The first-order chi connectivity index (χ1) is 17.1. The number of methoxy groups -OCH3 is 1. The number of rotatable bonds is 7. The number of carbonyl (C=O) groups excluding carboxylic acids is 3. The minimum absolute atomic E-state index is 0.206. The van der Waals surface area contributed by atoms with E-state index in [0.717, 1.165) is 5.56 Å². The van der Waals surface area contributed by atoms with Gasteiger partial charge in [0.15, 0.2) is 12.4 Å². The van der Waals surface area contributed by atoms with Gasteiger partial charge in [-0.2, -0.15) is 0 Å². The Labute approximate surface area is 203 Å². The molecular weight excluding hydrogens is 448 g/mol. The van der Waals surface area contributed by atoms with E-state index in [2.05, 4.69) is 0 Å². The predicted octanol–water partition coefficient (Wildman–Crippen LogP) is 3.36. The number of esters is 1. The van der Waals surface area contributed by atoms with E-state index in [1.54, 1.807) is 53.3 Å². The summed E-state index contributed by atoms with van der Waals surface area (Å²) in [6.07, 6.45) is 3.15. The van der Waals surface area contributed by atoms with E-state index in [1.165, 1.54) is 6.26 Å². The second-order valence-electron chi connectivity index (χ2n) is 7.89. The summed E-state index contributed by atoms with van der Waals surface area (Å²) >= 11 is 0. The van der Waals surface area contributed by atoms with Crippen LogP contribution in [0.4, 0.5) is 0 Å². The van der Waals surface area contributed by atoms with Gasteiger partial charge in [-0.3, -0.25) is 9.59 Å². The lowest BCUT2D eigenvalue weighted by molar-refractivity contribution is -0.148. The zero-order chi connectivity index (χ0) is 24.6. The van der Waals surface area contributed by atoms with Gasteiger partial charge in [-0.1, -0.05) is 48.5 Å². The van der Waals surface area contributed by atoms with E-state index in [1.807, 2.05) is 36.4 Å². The average molecular weight is 475 g/mol. The molecule has 0 unspecified atom stereocenters. The molecule has 0 aliphatic carbocycles. The zero-order valence-electron chi connectivity index (χ0n) is 19.4. The molecule has 8 heteroatoms. The van der Waals surface area contributed by atoms with Crippen LogP contribution in [0.3, 0.4) is 0 Å². The van der Waals surface area contributed by atoms with Gasteiger partial charge in [0.1, 0.15) is 5.75 Å². The Kier molecular flexibility index (Phi) is 7.62. The van der Waals surface area contributed by atoms with E-state index in [9.17, 15) is 14.4 Å². The molecule has 1 aromatic heterocycles. The monoisotopic (exact) mass is 474 g/mol. The Bertz CT molecular complexity index is 1200. The molecule has 3 aromatic rings. The van der Waals surface area contributed by atoms with Gasteiger partial charge in [0.2, 0.25) is 0 Å². The standard InChI is InChI=1S/C27H26N2O6/c1-33-23-11-6-5-10-21(23)18-22(20-8-3-2-4-9-20)27(32)35-19-25(30)28-13-15-29(16-14-28)26(31)24-12-7-17-34-24/h2-12,17-18H,13-16,19H2,1H3/b22-18+. The smallest absolute Gasteiger partial charge is 0.339 e. The normalized spacial score (nSPS) is 13.9. The van der Waals surface area contributed by atoms with Crippen molar-refractivity contribution in [1.29, 1.82) is 0 Å². The molecule has 2 aromatic carbocycles. The first-order valence-electron chi connectivity index (χ1n) is 11.2. The van der Waals surface area contributed by atoms with E-state index in [0.29, 0.717) is 43.1 Å². The minimum Gasteiger partial charge on any atom is -0.496 e. The molecule has 0 atom stereocenters. The zero-order valence-corrected chi connectivity index (χ0v) is 19.4. The van der Waals surface area contributed by atoms with Crippen molar-refractivity contribution in [3.05, 3.63) is 89.9 Å². The summed E-state index contributed by atoms with van der Waals surface area (Å²) in [4.78, 5) is 41.4. The van der Waals surface area contributed by atoms with Crippen molar-refractivity contribution in [3.63, 3.8) is 0 Å². The fraction of sp³-hybridized carbons (Fsp3) is 0.222. The van der Waals surface area contributed by atoms with Crippen molar-refractivity contribution in [1.82, 2.24) is 9.80 Å². The Morgan fingerprint density at radius 2 is 1.57 bits per heavy atom. The SMILES string of the molecule is COc1ccccc1/C=C(/C(=O)OCC(=O)N1CCN(C(=O)c2ccco2)CC1)c1ccccc1. The number of furan rings is 1. The van der Waals surface area contributed by atoms with Crippen LogP contribution in [0.5, 0.6) is 5.75 Å². The van der Waals surface area contributed by atoms with Crippen molar-refractivity contribution in [2.75, 3.05) is 39.9 Å². The Balaban J connectivity index is 1.39. The Morgan fingerprint density at radius 3 is 2.26 bits per heavy atom. The topological polar surface area (TPSA) is 89.3 Å². The van der Waals surface area contributed by atoms with Gasteiger partial charge >= 0.3 is 5.97 Å². The number of piperazine rings is 1. The maximum Gasteiger partial charge on any atom is 0.339 e. The summed E-state index contributed by atoms with van der Waals surface area (Å²) in [7, 11) is 1.56. The minimum atomic E-state index is -0.609. The number of hydrogen-bond donors (Lipinski definition) is 0. The molecule has 0 radical (unpaired) electrons. The second kappa shape index (κ2) is 11.2. The van der Waals surface area contributed by atoms with Crippen molar-refractivity contribution in [2.45, 2.75) is 0 Å². The highest BCUT2D eigenvalue weighted by Gasteiger charge is 2.27. The van der Waals surface area contributed by atoms with Crippen molar-refractivity contribution in [2.24, 2.45) is 0 Å². The number of para-hydroxylation sites is 1. The number of hydrogen-bond acceptors (Lipinski definition) is 6. The van der Waals surface area contributed by atoms with Gasteiger partial charge in [0.25, 0.3) is 11.8 Å². The van der Waals surface area contributed by atoms with E-state index >= 15 is 0 Å². The van der Waals surface area contributed by atoms with Crippen LogP contribution in [0.15, 0.2) is 77.4 Å². The van der Waals surface area contributed by atoms with Gasteiger partial charge < -0.3 is 23.7 Å². The van der Waals surface area contributed by atoms with Crippen LogP contribution in [0.25, 0.3) is 11.6 Å². The van der Waals surface area contributed by atoms with Gasteiger partial charge in [-0.05, 0) is 29.8 Å². The molecule has 0 saturated carbocycles. The summed E-state index contributed by atoms with van der Waals surface area (Å²) in [5.74, 6) is -0.237. The van der Waals surface area contributed by atoms with Crippen LogP contribution in [0.2, 0.25) is 0 Å². The molecular formula is C27H26N2O6. The fourth-order valence-corrected chi connectivity index (χ4v) is 3.83. The molecule has 0 N–H and O–H groups in total. The van der Waals surface area contributed by atoms with Gasteiger partial charge in [0.05, 0.1) is 18.9 Å². The highest BCUT2D eigenvalue weighted by atomic mass is 16.5. The molecule has 1 saturated heterocycles. The molecule has 0 spiro atoms. The summed E-state index contributed by atoms with van der Waals surface area (Å²) in [6.45, 7) is 1.07. The van der Waals surface area contributed by atoms with Gasteiger partial charge in [-0.25, -0.2) is 4.79 Å². The summed E-state index contributed by atoms with van der Waals surface area (Å²) in [5, 5.41) is 0. The highest BCUT2D eigenvalue weighted by molar-refractivity contribution is 6.22. The molecule has 2 amide bonds. The molecule has 4 rings (SSSR count). The van der Waals surface area contributed by atoms with Crippen LogP contribution in [-0.2, 0) is 14.3 Å². The lowest BCUT2D eigenvalue weighted by atomic mass is 10.0. The number of carbonyl (C=O) groups is 3. The number of amides is 2. The molecule has 8 nitrogen and oxygen atoms in total. The molecule has 1 aliphatic rings. The number of ether oxygens (including phenoxy) is 2. The van der Waals surface area contributed by atoms with Gasteiger partial charge in [-0.15, -0.1) is 0 Å².